The van der Waals surface area contributed by atoms with E-state index in [-0.39, 0.29) is 0 Å². The molecule has 0 radical (unpaired) electrons. The molecule has 0 N–H and O–H groups in total. The summed E-state index contributed by atoms with van der Waals surface area (Å²) in [5.74, 6) is 0.842. The van der Waals surface area contributed by atoms with Gasteiger partial charge in [-0.15, -0.1) is 0 Å². The smallest absolute Gasteiger partial charge is 0.164 e. The molecule has 0 bridgehead atoms. The normalized spacial score (nSPS) is 12.7. The highest BCUT2D eigenvalue weighted by atomic mass is 15.1. The Kier molecular flexibility index (Phi) is 8.72. The molecule has 4 heteroatoms. The van der Waals surface area contributed by atoms with Crippen LogP contribution >= 0.6 is 0 Å². The third-order valence-electron chi connectivity index (χ3n) is 13.5. The Morgan fingerprint density at radius 1 is 0.364 bits per heavy atom. The van der Waals surface area contributed by atoms with Crippen LogP contribution in [0.5, 0.6) is 0 Å². The first-order chi connectivity index (χ1) is 32.8. The zero-order valence-corrected chi connectivity index (χ0v) is 35.9. The number of nitrogens with zero attached hydrogens (tertiary/aromatic N) is 4. The predicted octanol–water partition coefficient (Wildman–Crippen LogP) is 15.2. The van der Waals surface area contributed by atoms with E-state index >= 15 is 0 Å². The lowest BCUT2D eigenvalue weighted by Crippen LogP contribution is -2.28. The van der Waals surface area contributed by atoms with Crippen molar-refractivity contribution >= 4 is 32.7 Å². The van der Waals surface area contributed by atoms with Gasteiger partial charge in [0.15, 0.2) is 5.65 Å². The first-order valence-electron chi connectivity index (χ1n) is 22.5. The minimum absolute atomic E-state index is 0.645. The first kappa shape index (κ1) is 37.8. The molecular weight excluding hydrogens is 801 g/mol. The number of hydrogen-bond acceptors (Lipinski definition) is 3. The van der Waals surface area contributed by atoms with Crippen molar-refractivity contribution in [2.24, 2.45) is 0 Å². The molecule has 0 saturated heterocycles. The van der Waals surface area contributed by atoms with E-state index < -0.39 is 5.41 Å². The number of imidazole rings is 1. The Bertz CT molecular complexity index is 3730. The Hall–Kier alpha value is -8.73. The lowest BCUT2D eigenvalue weighted by molar-refractivity contribution is 0.767. The van der Waals surface area contributed by atoms with Crippen molar-refractivity contribution in [1.82, 2.24) is 19.5 Å². The molecular formula is C62H40N4. The van der Waals surface area contributed by atoms with Gasteiger partial charge in [0.2, 0.25) is 0 Å². The van der Waals surface area contributed by atoms with Crippen LogP contribution in [0, 0.1) is 0 Å². The molecule has 13 rings (SSSR count). The van der Waals surface area contributed by atoms with Crippen molar-refractivity contribution in [3.63, 3.8) is 0 Å². The van der Waals surface area contributed by atoms with Gasteiger partial charge in [-0.3, -0.25) is 4.57 Å². The maximum atomic E-state index is 5.85. The van der Waals surface area contributed by atoms with Crippen LogP contribution in [-0.4, -0.2) is 19.5 Å². The Morgan fingerprint density at radius 2 is 0.909 bits per heavy atom. The zero-order chi connectivity index (χ0) is 43.6. The van der Waals surface area contributed by atoms with Crippen molar-refractivity contribution in [3.05, 3.63) is 265 Å². The maximum absolute atomic E-state index is 5.85. The van der Waals surface area contributed by atoms with Gasteiger partial charge in [0.25, 0.3) is 0 Å². The molecule has 0 saturated carbocycles. The van der Waals surface area contributed by atoms with Gasteiger partial charge in [-0.1, -0.05) is 206 Å². The summed E-state index contributed by atoms with van der Waals surface area (Å²) < 4.78 is 2.14. The molecule has 0 atom stereocenters. The van der Waals surface area contributed by atoms with Gasteiger partial charge in [-0.25, -0.2) is 15.0 Å². The summed E-state index contributed by atoms with van der Waals surface area (Å²) in [5.41, 5.74) is 16.7. The Balaban J connectivity index is 1.11. The number of hydrogen-bond donors (Lipinski definition) is 0. The molecule has 66 heavy (non-hydrogen) atoms. The topological polar surface area (TPSA) is 43.6 Å². The molecule has 4 nitrogen and oxygen atoms in total. The van der Waals surface area contributed by atoms with E-state index in [2.05, 4.69) is 223 Å². The van der Waals surface area contributed by atoms with Crippen molar-refractivity contribution in [3.8, 4) is 61.8 Å². The van der Waals surface area contributed by atoms with E-state index in [9.17, 15) is 0 Å². The van der Waals surface area contributed by atoms with Crippen LogP contribution in [0.1, 0.15) is 22.3 Å². The lowest BCUT2D eigenvalue weighted by Gasteiger charge is -2.33. The second kappa shape index (κ2) is 15.2. The average Bonchev–Trinajstić information content (AvgIpc) is 3.94. The average molecular weight is 841 g/mol. The second-order valence-corrected chi connectivity index (χ2v) is 17.0. The molecule has 0 amide bonds. The Morgan fingerprint density at radius 3 is 1.56 bits per heavy atom. The molecule has 1 aliphatic carbocycles. The van der Waals surface area contributed by atoms with Gasteiger partial charge >= 0.3 is 0 Å². The summed E-state index contributed by atoms with van der Waals surface area (Å²) in [5, 5.41) is 4.85. The van der Waals surface area contributed by atoms with Crippen LogP contribution in [0.2, 0.25) is 0 Å². The first-order valence-corrected chi connectivity index (χ1v) is 22.5. The maximum Gasteiger partial charge on any atom is 0.164 e. The standard InChI is InChI=1S/C62H40N4/c1-6-19-42(20-7-1)55-48-29-16-17-30-49(48)56(43-21-8-2-9-22-43)57-50(55)36-37-51-58(57)59-52(62(51,45-23-10-3-11-24-45)46-25-12-4-13-26-46)38-39-53(64-59)41-32-34-44(35-33-41)60-65-54-31-18-40-63-61(54)66(60)47-27-14-5-15-28-47/h1-40H. The second-order valence-electron chi connectivity index (χ2n) is 17.0. The summed E-state index contributed by atoms with van der Waals surface area (Å²) >= 11 is 0. The highest BCUT2D eigenvalue weighted by molar-refractivity contribution is 6.25. The number of pyridine rings is 2. The summed E-state index contributed by atoms with van der Waals surface area (Å²) in [4.78, 5) is 15.7. The summed E-state index contributed by atoms with van der Waals surface area (Å²) in [7, 11) is 0. The van der Waals surface area contributed by atoms with E-state index in [0.29, 0.717) is 0 Å². The molecule has 0 spiro atoms. The highest BCUT2D eigenvalue weighted by Gasteiger charge is 2.48. The third kappa shape index (κ3) is 5.68. The van der Waals surface area contributed by atoms with Crippen molar-refractivity contribution in [2.75, 3.05) is 0 Å². The van der Waals surface area contributed by atoms with Crippen molar-refractivity contribution < 1.29 is 0 Å². The monoisotopic (exact) mass is 840 g/mol. The number of aromatic nitrogens is 4. The van der Waals surface area contributed by atoms with E-state index in [1.807, 2.05) is 24.4 Å². The van der Waals surface area contributed by atoms with Crippen molar-refractivity contribution in [1.29, 1.82) is 0 Å². The van der Waals surface area contributed by atoms with Crippen LogP contribution in [0.25, 0.3) is 94.6 Å². The van der Waals surface area contributed by atoms with Crippen LogP contribution in [-0.2, 0) is 5.41 Å². The predicted molar refractivity (Wildman–Crippen MR) is 271 cm³/mol. The molecule has 9 aromatic carbocycles. The van der Waals surface area contributed by atoms with Crippen molar-refractivity contribution in [2.45, 2.75) is 5.41 Å². The van der Waals surface area contributed by atoms with Gasteiger partial charge in [0.1, 0.15) is 11.3 Å². The number of benzene rings is 9. The zero-order valence-electron chi connectivity index (χ0n) is 35.9. The fourth-order valence-corrected chi connectivity index (χ4v) is 10.8. The fourth-order valence-electron chi connectivity index (χ4n) is 10.8. The lowest BCUT2D eigenvalue weighted by atomic mass is 9.67. The van der Waals surface area contributed by atoms with Crippen LogP contribution in [0.4, 0.5) is 0 Å². The molecule has 0 unspecified atom stereocenters. The quantitative estimate of drug-likeness (QED) is 0.150. The van der Waals surface area contributed by atoms with Crippen LogP contribution in [0.15, 0.2) is 243 Å². The highest BCUT2D eigenvalue weighted by Crippen LogP contribution is 2.60. The van der Waals surface area contributed by atoms with E-state index in [1.165, 1.54) is 71.6 Å². The number of para-hydroxylation sites is 1. The van der Waals surface area contributed by atoms with Gasteiger partial charge < -0.3 is 0 Å². The van der Waals surface area contributed by atoms with Crippen LogP contribution in [0.3, 0.4) is 0 Å². The van der Waals surface area contributed by atoms with Gasteiger partial charge in [-0.05, 0) is 91.0 Å². The minimum atomic E-state index is -0.645. The molecule has 3 aromatic heterocycles. The van der Waals surface area contributed by atoms with E-state index in [4.69, 9.17) is 15.0 Å². The summed E-state index contributed by atoms with van der Waals surface area (Å²) in [6.45, 7) is 0. The summed E-state index contributed by atoms with van der Waals surface area (Å²) in [6.07, 6.45) is 1.83. The molecule has 12 aromatic rings. The third-order valence-corrected chi connectivity index (χ3v) is 13.5. The molecule has 3 heterocycles. The van der Waals surface area contributed by atoms with Crippen LogP contribution < -0.4 is 0 Å². The molecule has 308 valence electrons. The van der Waals surface area contributed by atoms with Gasteiger partial charge in [0, 0.05) is 34.0 Å². The molecule has 0 fully saturated rings. The Labute approximate surface area is 382 Å². The molecule has 0 aliphatic heterocycles. The van der Waals surface area contributed by atoms with Gasteiger partial charge in [0.05, 0.1) is 16.8 Å². The molecule has 1 aliphatic rings. The summed E-state index contributed by atoms with van der Waals surface area (Å²) in [6, 6.07) is 85.1. The fraction of sp³-hybridized carbons (Fsp3) is 0.0161. The number of fused-ring (bicyclic) bond motifs is 7. The number of rotatable bonds is 7. The largest absolute Gasteiger partial charge is 0.277 e. The van der Waals surface area contributed by atoms with Gasteiger partial charge in [-0.2, -0.15) is 0 Å². The minimum Gasteiger partial charge on any atom is -0.277 e. The SMILES string of the molecule is c1ccc(-c2c3ccccc3c(-c3ccccc3)c3c4c(ccc23)C(c2ccccc2)(c2ccccc2)c2ccc(-c3ccc(-c5nc6cccnc6n5-c5ccccc5)cc3)nc2-4)cc1. The van der Waals surface area contributed by atoms with E-state index in [0.717, 1.165) is 45.2 Å². The van der Waals surface area contributed by atoms with E-state index in [1.54, 1.807) is 0 Å².